The van der Waals surface area contributed by atoms with Gasteiger partial charge in [-0.2, -0.15) is 0 Å². The maximum absolute atomic E-state index is 5.34. The van der Waals surface area contributed by atoms with Crippen molar-refractivity contribution in [3.63, 3.8) is 0 Å². The van der Waals surface area contributed by atoms with Gasteiger partial charge in [0.15, 0.2) is 5.82 Å². The van der Waals surface area contributed by atoms with Crippen LogP contribution in [0.4, 0.5) is 0 Å². The first-order valence-corrected chi connectivity index (χ1v) is 18.7. The Morgan fingerprint density at radius 2 is 0.945 bits per heavy atom. The summed E-state index contributed by atoms with van der Waals surface area (Å²) in [6.07, 6.45) is 0. The van der Waals surface area contributed by atoms with E-state index in [9.17, 15) is 0 Å². The molecule has 0 fully saturated rings. The lowest BCUT2D eigenvalue weighted by Crippen LogP contribution is -1.97. The normalized spacial score (nSPS) is 11.6. The summed E-state index contributed by atoms with van der Waals surface area (Å²) in [4.78, 5) is 10.6. The third-order valence-corrected chi connectivity index (χ3v) is 11.0. The van der Waals surface area contributed by atoms with Crippen molar-refractivity contribution >= 4 is 54.1 Å². The Kier molecular flexibility index (Phi) is 7.17. The maximum Gasteiger partial charge on any atom is 0.160 e. The average molecular weight is 700 g/mol. The number of nitrogens with zero attached hydrogens (tertiary/aromatic N) is 3. The molecule has 3 heteroatoms. The average Bonchev–Trinajstić information content (AvgIpc) is 3.60. The summed E-state index contributed by atoms with van der Waals surface area (Å²) in [5, 5.41) is 9.69. The summed E-state index contributed by atoms with van der Waals surface area (Å²) in [5.41, 5.74) is 10.8. The van der Waals surface area contributed by atoms with Gasteiger partial charge in [-0.25, -0.2) is 9.97 Å². The van der Waals surface area contributed by atoms with Crippen molar-refractivity contribution in [2.45, 2.75) is 0 Å². The van der Waals surface area contributed by atoms with Crippen LogP contribution in [0.1, 0.15) is 0 Å². The van der Waals surface area contributed by atoms with E-state index in [4.69, 9.17) is 9.97 Å². The van der Waals surface area contributed by atoms with E-state index in [2.05, 4.69) is 199 Å². The summed E-state index contributed by atoms with van der Waals surface area (Å²) in [6, 6.07) is 71.5. The third-order valence-electron chi connectivity index (χ3n) is 11.0. The van der Waals surface area contributed by atoms with E-state index >= 15 is 0 Å². The fraction of sp³-hybridized carbons (Fsp3) is 0. The maximum atomic E-state index is 5.34. The second kappa shape index (κ2) is 12.6. The van der Waals surface area contributed by atoms with Gasteiger partial charge in [0.25, 0.3) is 0 Å². The Bertz CT molecular complexity index is 3250. The summed E-state index contributed by atoms with van der Waals surface area (Å²) in [7, 11) is 0. The molecule has 256 valence electrons. The zero-order valence-electron chi connectivity index (χ0n) is 29.9. The van der Waals surface area contributed by atoms with Crippen LogP contribution in [0, 0.1) is 0 Å². The topological polar surface area (TPSA) is 30.7 Å². The second-order valence-electron chi connectivity index (χ2n) is 14.2. The molecule has 3 nitrogen and oxygen atoms in total. The summed E-state index contributed by atoms with van der Waals surface area (Å²) < 4.78 is 2.36. The number of para-hydroxylation sites is 2. The fourth-order valence-corrected chi connectivity index (χ4v) is 8.40. The minimum absolute atomic E-state index is 0.704. The van der Waals surface area contributed by atoms with Crippen LogP contribution in [-0.4, -0.2) is 14.5 Å². The predicted octanol–water partition coefficient (Wildman–Crippen LogP) is 13.7. The first kappa shape index (κ1) is 31.2. The van der Waals surface area contributed by atoms with Gasteiger partial charge < -0.3 is 4.57 Å². The molecular weight excluding hydrogens is 667 g/mol. The molecular formula is C52H33N3. The molecule has 11 rings (SSSR count). The van der Waals surface area contributed by atoms with Crippen LogP contribution < -0.4 is 0 Å². The lowest BCUT2D eigenvalue weighted by Gasteiger charge is -2.15. The van der Waals surface area contributed by atoms with Gasteiger partial charge in [0.2, 0.25) is 0 Å². The van der Waals surface area contributed by atoms with Crippen molar-refractivity contribution in [2.24, 2.45) is 0 Å². The molecule has 0 saturated carbocycles. The Balaban J connectivity index is 1.11. The van der Waals surface area contributed by atoms with Crippen molar-refractivity contribution in [2.75, 3.05) is 0 Å². The van der Waals surface area contributed by atoms with E-state index in [0.29, 0.717) is 5.82 Å². The van der Waals surface area contributed by atoms with Crippen molar-refractivity contribution in [3.8, 4) is 50.7 Å². The molecule has 0 spiro atoms. The minimum atomic E-state index is 0.704. The predicted molar refractivity (Wildman–Crippen MR) is 231 cm³/mol. The van der Waals surface area contributed by atoms with Crippen molar-refractivity contribution in [1.82, 2.24) is 14.5 Å². The zero-order chi connectivity index (χ0) is 36.3. The first-order chi connectivity index (χ1) is 27.3. The van der Waals surface area contributed by atoms with Gasteiger partial charge in [-0.05, 0) is 92.0 Å². The van der Waals surface area contributed by atoms with E-state index < -0.39 is 0 Å². The molecule has 0 unspecified atom stereocenters. The van der Waals surface area contributed by atoms with Gasteiger partial charge in [-0.1, -0.05) is 152 Å². The molecule has 0 aliphatic heterocycles. The van der Waals surface area contributed by atoms with E-state index in [1.165, 1.54) is 54.1 Å². The molecule has 2 heterocycles. The highest BCUT2D eigenvalue weighted by molar-refractivity contribution is 6.20. The minimum Gasteiger partial charge on any atom is -0.309 e. The van der Waals surface area contributed by atoms with Gasteiger partial charge in [0.05, 0.1) is 22.4 Å². The second-order valence-corrected chi connectivity index (χ2v) is 14.2. The lowest BCUT2D eigenvalue weighted by atomic mass is 9.91. The number of benzene rings is 9. The molecule has 0 saturated heterocycles. The summed E-state index contributed by atoms with van der Waals surface area (Å²) >= 11 is 0. The van der Waals surface area contributed by atoms with Crippen LogP contribution in [0.25, 0.3) is 105 Å². The number of hydrogen-bond acceptors (Lipinski definition) is 2. The zero-order valence-corrected chi connectivity index (χ0v) is 29.9. The molecule has 0 aliphatic carbocycles. The van der Waals surface area contributed by atoms with Crippen molar-refractivity contribution < 1.29 is 0 Å². The van der Waals surface area contributed by atoms with E-state index in [1.807, 2.05) is 6.07 Å². The van der Waals surface area contributed by atoms with Crippen LogP contribution in [0.5, 0.6) is 0 Å². The molecule has 0 aliphatic rings. The monoisotopic (exact) mass is 699 g/mol. The van der Waals surface area contributed by atoms with E-state index in [1.54, 1.807) is 0 Å². The lowest BCUT2D eigenvalue weighted by molar-refractivity contribution is 1.18. The molecule has 9 aromatic carbocycles. The quantitative estimate of drug-likeness (QED) is 0.132. The Labute approximate surface area is 318 Å². The fourth-order valence-electron chi connectivity index (χ4n) is 8.40. The molecule has 0 bridgehead atoms. The van der Waals surface area contributed by atoms with Gasteiger partial charge >= 0.3 is 0 Å². The number of fused-ring (bicyclic) bond motifs is 7. The van der Waals surface area contributed by atoms with Crippen LogP contribution in [0.15, 0.2) is 200 Å². The highest BCUT2D eigenvalue weighted by atomic mass is 15.0. The molecule has 0 amide bonds. The highest BCUT2D eigenvalue weighted by Crippen LogP contribution is 2.41. The number of hydrogen-bond donors (Lipinski definition) is 0. The Morgan fingerprint density at radius 1 is 0.309 bits per heavy atom. The number of rotatable bonds is 5. The van der Waals surface area contributed by atoms with Crippen LogP contribution in [0.2, 0.25) is 0 Å². The standard InChI is InChI=1S/C52H33N3/c1-3-15-35(16-4-1)52-53-47(33-48(54-52)51-42-23-10-8-17-38(42)32-45-41-22-9-7-14-34(41)26-28-44(45)51)39-19-13-18-36(30-39)37-27-29-50-46(31-37)43-24-11-12-25-49(43)55(50)40-20-5-2-6-21-40/h1-33H. The molecule has 11 aromatic rings. The third kappa shape index (κ3) is 5.20. The van der Waals surface area contributed by atoms with E-state index in [0.717, 1.165) is 44.9 Å². The Hall–Kier alpha value is -7.36. The SMILES string of the molecule is c1ccc(-c2nc(-c3cccc(-c4ccc5c(c4)c4ccccc4n5-c4ccccc4)c3)cc(-c3c4ccccc4cc4c3ccc3ccccc34)n2)cc1. The van der Waals surface area contributed by atoms with E-state index in [-0.39, 0.29) is 0 Å². The smallest absolute Gasteiger partial charge is 0.160 e. The molecule has 0 radical (unpaired) electrons. The van der Waals surface area contributed by atoms with Crippen LogP contribution in [-0.2, 0) is 0 Å². The molecule has 0 atom stereocenters. The molecule has 0 N–H and O–H groups in total. The van der Waals surface area contributed by atoms with Gasteiger partial charge in [0, 0.05) is 33.2 Å². The summed E-state index contributed by atoms with van der Waals surface area (Å²) in [5.74, 6) is 0.704. The largest absolute Gasteiger partial charge is 0.309 e. The van der Waals surface area contributed by atoms with Gasteiger partial charge in [-0.15, -0.1) is 0 Å². The Morgan fingerprint density at radius 3 is 1.80 bits per heavy atom. The number of aromatic nitrogens is 3. The van der Waals surface area contributed by atoms with Crippen LogP contribution >= 0.6 is 0 Å². The highest BCUT2D eigenvalue weighted by Gasteiger charge is 2.18. The summed E-state index contributed by atoms with van der Waals surface area (Å²) in [6.45, 7) is 0. The molecule has 55 heavy (non-hydrogen) atoms. The van der Waals surface area contributed by atoms with Crippen LogP contribution in [0.3, 0.4) is 0 Å². The van der Waals surface area contributed by atoms with Crippen molar-refractivity contribution in [1.29, 1.82) is 0 Å². The molecule has 2 aromatic heterocycles. The van der Waals surface area contributed by atoms with Crippen molar-refractivity contribution in [3.05, 3.63) is 200 Å². The first-order valence-electron chi connectivity index (χ1n) is 18.7. The van der Waals surface area contributed by atoms with Gasteiger partial charge in [-0.3, -0.25) is 0 Å². The van der Waals surface area contributed by atoms with Gasteiger partial charge in [0.1, 0.15) is 0 Å².